The Hall–Kier alpha value is -2.37. The van der Waals surface area contributed by atoms with Gasteiger partial charge in [-0.05, 0) is 43.1 Å². The van der Waals surface area contributed by atoms with Crippen LogP contribution in [0, 0.1) is 6.92 Å². The van der Waals surface area contributed by atoms with Gasteiger partial charge >= 0.3 is 6.03 Å². The van der Waals surface area contributed by atoms with E-state index in [1.54, 1.807) is 0 Å². The molecule has 2 aromatic rings. The van der Waals surface area contributed by atoms with Gasteiger partial charge in [0.05, 0.1) is 12.1 Å². The van der Waals surface area contributed by atoms with Gasteiger partial charge in [0.15, 0.2) is 0 Å². The fraction of sp³-hybridized carbons (Fsp3) is 0.316. The molecule has 3 rings (SSSR count). The molecular formula is C19H23N3O2. The highest BCUT2D eigenvalue weighted by molar-refractivity contribution is 5.89. The van der Waals surface area contributed by atoms with Gasteiger partial charge in [-0.15, -0.1) is 0 Å². The summed E-state index contributed by atoms with van der Waals surface area (Å²) in [7, 11) is 0. The summed E-state index contributed by atoms with van der Waals surface area (Å²) in [6.07, 6.45) is 0.150. The SMILES string of the molecule is Cc1cccc(-c2ccc(NC(=O)NC3CNCCC3O)cc2)c1. The molecule has 1 saturated heterocycles. The van der Waals surface area contributed by atoms with Gasteiger partial charge in [0.25, 0.3) is 0 Å². The van der Waals surface area contributed by atoms with E-state index in [0.29, 0.717) is 13.0 Å². The number of aryl methyl sites for hydroxylation is 1. The largest absolute Gasteiger partial charge is 0.391 e. The average molecular weight is 325 g/mol. The molecule has 0 aromatic heterocycles. The Kier molecular flexibility index (Phi) is 5.13. The molecule has 24 heavy (non-hydrogen) atoms. The van der Waals surface area contributed by atoms with Gasteiger partial charge in [-0.1, -0.05) is 42.0 Å². The Balaban J connectivity index is 1.60. The number of urea groups is 1. The van der Waals surface area contributed by atoms with Crippen molar-refractivity contribution in [3.05, 3.63) is 54.1 Å². The Bertz CT molecular complexity index is 700. The molecule has 1 fully saturated rings. The third-order valence-corrected chi connectivity index (χ3v) is 4.26. The van der Waals surface area contributed by atoms with Gasteiger partial charge in [-0.2, -0.15) is 0 Å². The Morgan fingerprint density at radius 1 is 1.17 bits per heavy atom. The van der Waals surface area contributed by atoms with E-state index < -0.39 is 6.10 Å². The van der Waals surface area contributed by atoms with E-state index in [1.165, 1.54) is 5.56 Å². The van der Waals surface area contributed by atoms with Crippen molar-refractivity contribution in [3.8, 4) is 11.1 Å². The monoisotopic (exact) mass is 325 g/mol. The third kappa shape index (κ3) is 4.13. The molecule has 0 radical (unpaired) electrons. The van der Waals surface area contributed by atoms with Gasteiger partial charge in [0, 0.05) is 12.2 Å². The normalized spacial score (nSPS) is 20.4. The van der Waals surface area contributed by atoms with Crippen LogP contribution >= 0.6 is 0 Å². The highest BCUT2D eigenvalue weighted by Crippen LogP contribution is 2.22. The second-order valence-electron chi connectivity index (χ2n) is 6.21. The van der Waals surface area contributed by atoms with E-state index in [-0.39, 0.29) is 12.1 Å². The van der Waals surface area contributed by atoms with E-state index in [2.05, 4.69) is 41.1 Å². The zero-order chi connectivity index (χ0) is 16.9. The molecular weight excluding hydrogens is 302 g/mol. The number of benzene rings is 2. The lowest BCUT2D eigenvalue weighted by Crippen LogP contribution is -2.54. The molecule has 1 aliphatic rings. The zero-order valence-corrected chi connectivity index (χ0v) is 13.8. The maximum atomic E-state index is 12.1. The van der Waals surface area contributed by atoms with Crippen LogP contribution in [-0.2, 0) is 0 Å². The topological polar surface area (TPSA) is 73.4 Å². The van der Waals surface area contributed by atoms with Gasteiger partial charge in [-0.25, -0.2) is 4.79 Å². The minimum Gasteiger partial charge on any atom is -0.391 e. The fourth-order valence-corrected chi connectivity index (χ4v) is 2.90. The number of rotatable bonds is 3. The van der Waals surface area contributed by atoms with Crippen molar-refractivity contribution in [1.82, 2.24) is 10.6 Å². The summed E-state index contributed by atoms with van der Waals surface area (Å²) in [5, 5.41) is 18.7. The molecule has 2 unspecified atom stereocenters. The van der Waals surface area contributed by atoms with Crippen LogP contribution in [0.5, 0.6) is 0 Å². The number of hydrogen-bond acceptors (Lipinski definition) is 3. The van der Waals surface area contributed by atoms with E-state index in [1.807, 2.05) is 30.3 Å². The number of nitrogens with one attached hydrogen (secondary N) is 3. The van der Waals surface area contributed by atoms with Crippen LogP contribution in [0.2, 0.25) is 0 Å². The molecule has 0 saturated carbocycles. The molecule has 5 heteroatoms. The number of hydrogen-bond donors (Lipinski definition) is 4. The lowest BCUT2D eigenvalue weighted by molar-refractivity contribution is 0.103. The summed E-state index contributed by atoms with van der Waals surface area (Å²) in [6.45, 7) is 3.43. The minimum atomic E-state index is -0.499. The van der Waals surface area contributed by atoms with Crippen molar-refractivity contribution in [1.29, 1.82) is 0 Å². The fourth-order valence-electron chi connectivity index (χ4n) is 2.90. The summed E-state index contributed by atoms with van der Waals surface area (Å²) in [5.74, 6) is 0. The van der Waals surface area contributed by atoms with E-state index in [0.717, 1.165) is 23.4 Å². The smallest absolute Gasteiger partial charge is 0.319 e. The van der Waals surface area contributed by atoms with Crippen molar-refractivity contribution in [2.24, 2.45) is 0 Å². The van der Waals surface area contributed by atoms with Crippen LogP contribution in [0.1, 0.15) is 12.0 Å². The zero-order valence-electron chi connectivity index (χ0n) is 13.8. The number of carbonyl (C=O) groups is 1. The highest BCUT2D eigenvalue weighted by atomic mass is 16.3. The van der Waals surface area contributed by atoms with E-state index >= 15 is 0 Å². The van der Waals surface area contributed by atoms with Gasteiger partial charge < -0.3 is 21.1 Å². The number of piperidine rings is 1. The minimum absolute atomic E-state index is 0.259. The summed E-state index contributed by atoms with van der Waals surface area (Å²) in [4.78, 5) is 12.1. The first-order chi connectivity index (χ1) is 11.6. The number of anilines is 1. The first-order valence-corrected chi connectivity index (χ1v) is 8.25. The van der Waals surface area contributed by atoms with Crippen LogP contribution in [0.15, 0.2) is 48.5 Å². The van der Waals surface area contributed by atoms with Crippen LogP contribution in [-0.4, -0.2) is 36.4 Å². The van der Waals surface area contributed by atoms with Gasteiger partial charge in [0.1, 0.15) is 0 Å². The summed E-state index contributed by atoms with van der Waals surface area (Å²) < 4.78 is 0. The molecule has 4 N–H and O–H groups in total. The van der Waals surface area contributed by atoms with Crippen molar-refractivity contribution in [2.45, 2.75) is 25.5 Å². The Morgan fingerprint density at radius 3 is 2.67 bits per heavy atom. The second kappa shape index (κ2) is 7.47. The maximum absolute atomic E-state index is 12.1. The molecule has 0 aliphatic carbocycles. The number of aliphatic hydroxyl groups excluding tert-OH is 1. The molecule has 5 nitrogen and oxygen atoms in total. The van der Waals surface area contributed by atoms with Crippen LogP contribution in [0.3, 0.4) is 0 Å². The van der Waals surface area contributed by atoms with Crippen LogP contribution in [0.25, 0.3) is 11.1 Å². The number of amides is 2. The number of carbonyl (C=O) groups excluding carboxylic acids is 1. The van der Waals surface area contributed by atoms with Crippen LogP contribution < -0.4 is 16.0 Å². The summed E-state index contributed by atoms with van der Waals surface area (Å²) in [5.41, 5.74) is 4.20. The van der Waals surface area contributed by atoms with Gasteiger partial charge in [-0.3, -0.25) is 0 Å². The highest BCUT2D eigenvalue weighted by Gasteiger charge is 2.24. The Labute approximate surface area is 142 Å². The maximum Gasteiger partial charge on any atom is 0.319 e. The lowest BCUT2D eigenvalue weighted by atomic mass is 10.0. The average Bonchev–Trinajstić information content (AvgIpc) is 2.58. The number of aliphatic hydroxyl groups is 1. The second-order valence-corrected chi connectivity index (χ2v) is 6.21. The van der Waals surface area contributed by atoms with Crippen molar-refractivity contribution >= 4 is 11.7 Å². The Morgan fingerprint density at radius 2 is 1.96 bits per heavy atom. The quantitative estimate of drug-likeness (QED) is 0.700. The first-order valence-electron chi connectivity index (χ1n) is 8.25. The van der Waals surface area contributed by atoms with E-state index in [9.17, 15) is 9.90 Å². The van der Waals surface area contributed by atoms with Gasteiger partial charge in [0.2, 0.25) is 0 Å². The van der Waals surface area contributed by atoms with Crippen LogP contribution in [0.4, 0.5) is 10.5 Å². The lowest BCUT2D eigenvalue weighted by Gasteiger charge is -2.29. The molecule has 2 aromatic carbocycles. The van der Waals surface area contributed by atoms with Crippen molar-refractivity contribution in [3.63, 3.8) is 0 Å². The standard InChI is InChI=1S/C19H23N3O2/c1-13-3-2-4-15(11-13)14-5-7-16(8-6-14)21-19(24)22-17-12-20-10-9-18(17)23/h2-8,11,17-18,20,23H,9-10,12H2,1H3,(H2,21,22,24). The summed E-state index contributed by atoms with van der Waals surface area (Å²) in [6, 6.07) is 15.5. The molecule has 126 valence electrons. The molecule has 1 aliphatic heterocycles. The third-order valence-electron chi connectivity index (χ3n) is 4.26. The predicted octanol–water partition coefficient (Wildman–Crippen LogP) is 2.51. The molecule has 2 atom stereocenters. The first kappa shape index (κ1) is 16.5. The molecule has 0 bridgehead atoms. The predicted molar refractivity (Wildman–Crippen MR) is 96.1 cm³/mol. The van der Waals surface area contributed by atoms with Crippen molar-refractivity contribution < 1.29 is 9.90 Å². The summed E-state index contributed by atoms with van der Waals surface area (Å²) >= 11 is 0. The molecule has 2 amide bonds. The molecule has 1 heterocycles. The van der Waals surface area contributed by atoms with Crippen molar-refractivity contribution in [2.75, 3.05) is 18.4 Å². The van der Waals surface area contributed by atoms with E-state index in [4.69, 9.17) is 0 Å². The molecule has 0 spiro atoms.